The van der Waals surface area contributed by atoms with Crippen molar-refractivity contribution in [2.75, 3.05) is 37.5 Å². The van der Waals surface area contributed by atoms with Crippen molar-refractivity contribution in [2.24, 2.45) is 0 Å². The Kier molecular flexibility index (Phi) is 3.99. The molecule has 1 aliphatic heterocycles. The number of hydrogen-bond acceptors (Lipinski definition) is 5. The maximum Gasteiger partial charge on any atom is 0.254 e. The van der Waals surface area contributed by atoms with Crippen molar-refractivity contribution in [2.45, 2.75) is 12.5 Å². The molecular formula is C13H19N3O3S. The van der Waals surface area contributed by atoms with Gasteiger partial charge in [-0.1, -0.05) is 0 Å². The molecule has 0 N–H and O–H groups in total. The first-order valence-corrected chi connectivity index (χ1v) is 8.23. The summed E-state index contributed by atoms with van der Waals surface area (Å²) in [4.78, 5) is 19.9. The first kappa shape index (κ1) is 14.8. The van der Waals surface area contributed by atoms with E-state index in [1.165, 1.54) is 4.90 Å². The molecule has 1 aliphatic rings. The highest BCUT2D eigenvalue weighted by Crippen LogP contribution is 2.19. The number of aromatic nitrogens is 1. The molecule has 1 saturated heterocycles. The highest BCUT2D eigenvalue weighted by atomic mass is 32.2. The van der Waals surface area contributed by atoms with Gasteiger partial charge in [0.05, 0.1) is 11.5 Å². The number of sulfone groups is 1. The van der Waals surface area contributed by atoms with E-state index in [0.29, 0.717) is 17.8 Å². The Morgan fingerprint density at radius 3 is 2.60 bits per heavy atom. The molecule has 7 heteroatoms. The number of rotatable bonds is 3. The van der Waals surface area contributed by atoms with Gasteiger partial charge in [-0.15, -0.1) is 0 Å². The van der Waals surface area contributed by atoms with Crippen molar-refractivity contribution in [3.8, 4) is 0 Å². The van der Waals surface area contributed by atoms with E-state index in [1.807, 2.05) is 19.0 Å². The average Bonchev–Trinajstić information content (AvgIpc) is 2.77. The third-order valence-corrected chi connectivity index (χ3v) is 5.28. The number of anilines is 1. The fraction of sp³-hybridized carbons (Fsp3) is 0.538. The number of nitrogens with zero attached hydrogens (tertiary/aromatic N) is 3. The molecule has 1 amide bonds. The number of carbonyl (C=O) groups excluding carboxylic acids is 1. The lowest BCUT2D eigenvalue weighted by molar-refractivity contribution is 0.0747. The summed E-state index contributed by atoms with van der Waals surface area (Å²) in [6.07, 6.45) is 2.10. The summed E-state index contributed by atoms with van der Waals surface area (Å²) in [5.41, 5.74) is 0.524. The van der Waals surface area contributed by atoms with Gasteiger partial charge in [0, 0.05) is 38.9 Å². The normalized spacial score (nSPS) is 20.6. The van der Waals surface area contributed by atoms with Crippen LogP contribution in [0.4, 0.5) is 5.82 Å². The minimum atomic E-state index is -2.99. The summed E-state index contributed by atoms with van der Waals surface area (Å²) < 4.78 is 23.0. The van der Waals surface area contributed by atoms with Crippen LogP contribution in [0.3, 0.4) is 0 Å². The molecule has 0 saturated carbocycles. The Morgan fingerprint density at radius 2 is 2.05 bits per heavy atom. The van der Waals surface area contributed by atoms with E-state index in [2.05, 4.69) is 4.98 Å². The molecule has 110 valence electrons. The summed E-state index contributed by atoms with van der Waals surface area (Å²) in [6.45, 7) is 0. The fourth-order valence-electron chi connectivity index (χ4n) is 2.25. The molecule has 1 aromatic rings. The lowest BCUT2D eigenvalue weighted by atomic mass is 10.1. The second-order valence-corrected chi connectivity index (χ2v) is 7.50. The summed E-state index contributed by atoms with van der Waals surface area (Å²) in [6, 6.07) is 3.13. The van der Waals surface area contributed by atoms with Gasteiger partial charge in [0.15, 0.2) is 9.84 Å². The second kappa shape index (κ2) is 5.40. The first-order valence-electron chi connectivity index (χ1n) is 6.41. The van der Waals surface area contributed by atoms with Gasteiger partial charge in [-0.25, -0.2) is 13.4 Å². The largest absolute Gasteiger partial charge is 0.363 e. The van der Waals surface area contributed by atoms with Crippen LogP contribution in [0.15, 0.2) is 18.3 Å². The van der Waals surface area contributed by atoms with E-state index in [4.69, 9.17) is 0 Å². The second-order valence-electron chi connectivity index (χ2n) is 5.27. The van der Waals surface area contributed by atoms with Crippen molar-refractivity contribution in [3.05, 3.63) is 23.9 Å². The van der Waals surface area contributed by atoms with E-state index in [1.54, 1.807) is 25.4 Å². The molecule has 1 fully saturated rings. The van der Waals surface area contributed by atoms with Crippen LogP contribution in [0.25, 0.3) is 0 Å². The molecule has 1 unspecified atom stereocenters. The van der Waals surface area contributed by atoms with Crippen molar-refractivity contribution < 1.29 is 13.2 Å². The minimum Gasteiger partial charge on any atom is -0.363 e. The zero-order valence-corrected chi connectivity index (χ0v) is 12.7. The van der Waals surface area contributed by atoms with Crippen molar-refractivity contribution in [1.29, 1.82) is 0 Å². The molecule has 6 nitrogen and oxygen atoms in total. The van der Waals surface area contributed by atoms with Crippen LogP contribution in [0.1, 0.15) is 16.8 Å². The van der Waals surface area contributed by atoms with Crippen LogP contribution >= 0.6 is 0 Å². The fourth-order valence-corrected chi connectivity index (χ4v) is 4.02. The Morgan fingerprint density at radius 1 is 1.35 bits per heavy atom. The Bertz CT molecular complexity index is 613. The van der Waals surface area contributed by atoms with Gasteiger partial charge in [-0.05, 0) is 18.6 Å². The van der Waals surface area contributed by atoms with Crippen molar-refractivity contribution in [1.82, 2.24) is 9.88 Å². The molecular weight excluding hydrogens is 278 g/mol. The zero-order valence-electron chi connectivity index (χ0n) is 11.9. The van der Waals surface area contributed by atoms with Crippen molar-refractivity contribution >= 4 is 21.6 Å². The summed E-state index contributed by atoms with van der Waals surface area (Å²) >= 11 is 0. The van der Waals surface area contributed by atoms with Gasteiger partial charge >= 0.3 is 0 Å². The smallest absolute Gasteiger partial charge is 0.254 e. The summed E-state index contributed by atoms with van der Waals surface area (Å²) in [5, 5.41) is 0. The van der Waals surface area contributed by atoms with Crippen LogP contribution in [-0.2, 0) is 9.84 Å². The van der Waals surface area contributed by atoms with E-state index in [9.17, 15) is 13.2 Å². The van der Waals surface area contributed by atoms with Gasteiger partial charge in [0.25, 0.3) is 5.91 Å². The Labute approximate surface area is 119 Å². The zero-order chi connectivity index (χ0) is 14.9. The topological polar surface area (TPSA) is 70.6 Å². The number of carbonyl (C=O) groups is 1. The number of amides is 1. The maximum atomic E-state index is 12.4. The van der Waals surface area contributed by atoms with E-state index < -0.39 is 9.84 Å². The number of pyridine rings is 1. The molecule has 0 aliphatic carbocycles. The van der Waals surface area contributed by atoms with Crippen LogP contribution in [0.2, 0.25) is 0 Å². The predicted molar refractivity (Wildman–Crippen MR) is 77.7 cm³/mol. The molecule has 0 aromatic carbocycles. The molecule has 0 radical (unpaired) electrons. The predicted octanol–water partition coefficient (Wildman–Crippen LogP) is 0.407. The Hall–Kier alpha value is -1.63. The molecule has 0 bridgehead atoms. The lowest BCUT2D eigenvalue weighted by Gasteiger charge is -2.23. The minimum absolute atomic E-state index is 0.0564. The average molecular weight is 297 g/mol. The monoisotopic (exact) mass is 297 g/mol. The highest BCUT2D eigenvalue weighted by molar-refractivity contribution is 7.91. The summed E-state index contributed by atoms with van der Waals surface area (Å²) in [7, 11) is 2.37. The van der Waals surface area contributed by atoms with Gasteiger partial charge in [0.1, 0.15) is 5.82 Å². The number of hydrogen-bond donors (Lipinski definition) is 0. The SMILES string of the molecule is CN(C)c1cc(C(=O)N(C)C2CCS(=O)(=O)C2)ccn1. The van der Waals surface area contributed by atoms with E-state index in [0.717, 1.165) is 0 Å². The van der Waals surface area contributed by atoms with Crippen LogP contribution in [0, 0.1) is 0 Å². The molecule has 2 rings (SSSR count). The molecule has 2 heterocycles. The van der Waals surface area contributed by atoms with Crippen LogP contribution < -0.4 is 4.90 Å². The molecule has 1 aromatic heterocycles. The van der Waals surface area contributed by atoms with E-state index >= 15 is 0 Å². The van der Waals surface area contributed by atoms with Gasteiger partial charge in [-0.2, -0.15) is 0 Å². The lowest BCUT2D eigenvalue weighted by Crippen LogP contribution is -2.37. The van der Waals surface area contributed by atoms with Crippen LogP contribution in [-0.4, -0.2) is 62.9 Å². The van der Waals surface area contributed by atoms with Gasteiger partial charge < -0.3 is 9.80 Å². The van der Waals surface area contributed by atoms with Crippen LogP contribution in [0.5, 0.6) is 0 Å². The summed E-state index contributed by atoms with van der Waals surface area (Å²) in [5.74, 6) is 0.746. The van der Waals surface area contributed by atoms with E-state index in [-0.39, 0.29) is 23.5 Å². The van der Waals surface area contributed by atoms with Gasteiger partial charge in [0.2, 0.25) is 0 Å². The molecule has 0 spiro atoms. The third-order valence-electron chi connectivity index (χ3n) is 3.53. The standard InChI is InChI=1S/C13H19N3O3S/c1-15(2)12-8-10(4-6-14-12)13(17)16(3)11-5-7-20(18,19)9-11/h4,6,8,11H,5,7,9H2,1-3H3. The third kappa shape index (κ3) is 3.09. The highest BCUT2D eigenvalue weighted by Gasteiger charge is 2.33. The Balaban J connectivity index is 2.17. The molecule has 20 heavy (non-hydrogen) atoms. The maximum absolute atomic E-state index is 12.4. The van der Waals surface area contributed by atoms with Crippen molar-refractivity contribution in [3.63, 3.8) is 0 Å². The quantitative estimate of drug-likeness (QED) is 0.808. The van der Waals surface area contributed by atoms with Gasteiger partial charge in [-0.3, -0.25) is 4.79 Å². The molecule has 1 atom stereocenters. The first-order chi connectivity index (χ1) is 9.30.